The fourth-order valence-corrected chi connectivity index (χ4v) is 2.41. The molecule has 0 unspecified atom stereocenters. The number of nitrogens with zero attached hydrogens (tertiary/aromatic N) is 1. The molecule has 0 atom stereocenters. The second-order valence-electron chi connectivity index (χ2n) is 5.74. The molecule has 1 heterocycles. The first-order valence-electron chi connectivity index (χ1n) is 6.11. The van der Waals surface area contributed by atoms with Gasteiger partial charge >= 0.3 is 5.97 Å². The first kappa shape index (κ1) is 13.0. The van der Waals surface area contributed by atoms with Gasteiger partial charge in [0.2, 0.25) is 0 Å². The highest BCUT2D eigenvalue weighted by Gasteiger charge is 2.29. The summed E-state index contributed by atoms with van der Waals surface area (Å²) in [4.78, 5) is 12.9. The quantitative estimate of drug-likeness (QED) is 0.898. The molecule has 0 aliphatic carbocycles. The van der Waals surface area contributed by atoms with Crippen LogP contribution in [-0.2, 0) is 6.54 Å². The molecule has 0 radical (unpaired) electrons. The third-order valence-corrected chi connectivity index (χ3v) is 3.45. The summed E-state index contributed by atoms with van der Waals surface area (Å²) >= 11 is 0. The molecule has 4 heteroatoms. The van der Waals surface area contributed by atoms with Crippen LogP contribution in [0.2, 0.25) is 0 Å². The highest BCUT2D eigenvalue weighted by Crippen LogP contribution is 2.30. The van der Waals surface area contributed by atoms with Crippen LogP contribution in [0.4, 0.5) is 4.39 Å². The number of likely N-dealkylation sites (tertiary alicyclic amines) is 1. The van der Waals surface area contributed by atoms with Crippen LogP contribution >= 0.6 is 0 Å². The minimum atomic E-state index is -1.09. The fraction of sp³-hybridized carbons (Fsp3) is 0.500. The van der Waals surface area contributed by atoms with Crippen molar-refractivity contribution < 1.29 is 14.3 Å². The van der Waals surface area contributed by atoms with Crippen LogP contribution in [0, 0.1) is 11.2 Å². The standard InChI is InChI=1S/C14H18FNO2/c1-14(2)5-6-16(9-14)8-11-4-3-10(13(17)18)7-12(11)15/h3-4,7H,5-6,8-9H2,1-2H3,(H,17,18). The Morgan fingerprint density at radius 2 is 2.22 bits per heavy atom. The molecule has 98 valence electrons. The molecule has 18 heavy (non-hydrogen) atoms. The van der Waals surface area contributed by atoms with Gasteiger partial charge in [0.05, 0.1) is 5.56 Å². The monoisotopic (exact) mass is 251 g/mol. The van der Waals surface area contributed by atoms with Crippen LogP contribution in [-0.4, -0.2) is 29.1 Å². The number of carboxylic acids is 1. The number of rotatable bonds is 3. The molecule has 0 amide bonds. The van der Waals surface area contributed by atoms with E-state index in [1.807, 2.05) is 0 Å². The third kappa shape index (κ3) is 2.88. The Bertz CT molecular complexity index is 471. The number of halogens is 1. The number of aromatic carboxylic acids is 1. The van der Waals surface area contributed by atoms with E-state index in [0.29, 0.717) is 12.1 Å². The molecule has 1 aromatic carbocycles. The number of benzene rings is 1. The summed E-state index contributed by atoms with van der Waals surface area (Å²) in [5.41, 5.74) is 0.855. The molecular formula is C14H18FNO2. The van der Waals surface area contributed by atoms with Crippen LogP contribution in [0.1, 0.15) is 36.2 Å². The Hall–Kier alpha value is -1.42. The van der Waals surface area contributed by atoms with E-state index in [1.54, 1.807) is 6.07 Å². The predicted octanol–water partition coefficient (Wildman–Crippen LogP) is 2.76. The molecule has 3 nitrogen and oxygen atoms in total. The summed E-state index contributed by atoms with van der Waals surface area (Å²) in [7, 11) is 0. The lowest BCUT2D eigenvalue weighted by Gasteiger charge is -2.19. The van der Waals surface area contributed by atoms with Gasteiger partial charge in [-0.15, -0.1) is 0 Å². The van der Waals surface area contributed by atoms with Gasteiger partial charge in [-0.3, -0.25) is 4.90 Å². The summed E-state index contributed by atoms with van der Waals surface area (Å²) in [6.07, 6.45) is 1.11. The lowest BCUT2D eigenvalue weighted by Crippen LogP contribution is -2.23. The highest BCUT2D eigenvalue weighted by molar-refractivity contribution is 5.87. The zero-order valence-corrected chi connectivity index (χ0v) is 10.7. The molecule has 0 saturated carbocycles. The maximum Gasteiger partial charge on any atom is 0.335 e. The second kappa shape index (κ2) is 4.69. The number of hydrogen-bond donors (Lipinski definition) is 1. The van der Waals surface area contributed by atoms with Crippen molar-refractivity contribution in [2.45, 2.75) is 26.8 Å². The van der Waals surface area contributed by atoms with Crippen molar-refractivity contribution in [3.05, 3.63) is 35.1 Å². The van der Waals surface area contributed by atoms with Crippen molar-refractivity contribution >= 4 is 5.97 Å². The van der Waals surface area contributed by atoms with Gasteiger partial charge in [-0.25, -0.2) is 9.18 Å². The Balaban J connectivity index is 2.09. The fourth-order valence-electron chi connectivity index (χ4n) is 2.41. The number of hydrogen-bond acceptors (Lipinski definition) is 2. The van der Waals surface area contributed by atoms with Crippen molar-refractivity contribution in [1.82, 2.24) is 4.90 Å². The van der Waals surface area contributed by atoms with Gasteiger partial charge in [0.15, 0.2) is 0 Å². The normalized spacial score (nSPS) is 19.1. The number of carbonyl (C=O) groups is 1. The summed E-state index contributed by atoms with van der Waals surface area (Å²) < 4.78 is 13.8. The molecular weight excluding hydrogens is 233 g/mol. The Kier molecular flexibility index (Phi) is 3.39. The Morgan fingerprint density at radius 1 is 1.50 bits per heavy atom. The van der Waals surface area contributed by atoms with E-state index in [9.17, 15) is 9.18 Å². The topological polar surface area (TPSA) is 40.5 Å². The molecule has 2 rings (SSSR count). The Morgan fingerprint density at radius 3 is 2.72 bits per heavy atom. The summed E-state index contributed by atoms with van der Waals surface area (Å²) in [6.45, 7) is 6.88. The molecule has 1 aliphatic heterocycles. The van der Waals surface area contributed by atoms with Crippen molar-refractivity contribution in [3.63, 3.8) is 0 Å². The van der Waals surface area contributed by atoms with Crippen molar-refractivity contribution in [1.29, 1.82) is 0 Å². The lowest BCUT2D eigenvalue weighted by atomic mass is 9.93. The van der Waals surface area contributed by atoms with Gasteiger partial charge in [0.25, 0.3) is 0 Å². The van der Waals surface area contributed by atoms with E-state index in [1.165, 1.54) is 6.07 Å². The van der Waals surface area contributed by atoms with Gasteiger partial charge in [-0.1, -0.05) is 19.9 Å². The second-order valence-corrected chi connectivity index (χ2v) is 5.74. The molecule has 1 aliphatic rings. The molecule has 1 saturated heterocycles. The molecule has 1 fully saturated rings. The maximum atomic E-state index is 13.8. The van der Waals surface area contributed by atoms with Crippen LogP contribution < -0.4 is 0 Å². The van der Waals surface area contributed by atoms with Gasteiger partial charge in [-0.2, -0.15) is 0 Å². The largest absolute Gasteiger partial charge is 0.478 e. The molecule has 1 aromatic rings. The van der Waals surface area contributed by atoms with Gasteiger partial charge in [0.1, 0.15) is 5.82 Å². The predicted molar refractivity (Wildman–Crippen MR) is 67.0 cm³/mol. The number of carboxylic acid groups (broad SMARTS) is 1. The average Bonchev–Trinajstić information content (AvgIpc) is 2.61. The first-order valence-corrected chi connectivity index (χ1v) is 6.11. The van der Waals surface area contributed by atoms with E-state index < -0.39 is 11.8 Å². The van der Waals surface area contributed by atoms with E-state index in [-0.39, 0.29) is 11.0 Å². The van der Waals surface area contributed by atoms with Crippen molar-refractivity contribution in [2.24, 2.45) is 5.41 Å². The maximum absolute atomic E-state index is 13.8. The SMILES string of the molecule is CC1(C)CCN(Cc2ccc(C(=O)O)cc2F)C1. The molecule has 0 spiro atoms. The van der Waals surface area contributed by atoms with Crippen LogP contribution in [0.3, 0.4) is 0 Å². The van der Waals surface area contributed by atoms with E-state index in [2.05, 4.69) is 18.7 Å². The van der Waals surface area contributed by atoms with E-state index in [4.69, 9.17) is 5.11 Å². The van der Waals surface area contributed by atoms with E-state index >= 15 is 0 Å². The van der Waals surface area contributed by atoms with Gasteiger partial charge in [-0.05, 0) is 30.5 Å². The summed E-state index contributed by atoms with van der Waals surface area (Å²) in [5.74, 6) is -1.53. The smallest absolute Gasteiger partial charge is 0.335 e. The zero-order valence-electron chi connectivity index (χ0n) is 10.7. The van der Waals surface area contributed by atoms with E-state index in [0.717, 1.165) is 25.6 Å². The van der Waals surface area contributed by atoms with Crippen LogP contribution in [0.5, 0.6) is 0 Å². The van der Waals surface area contributed by atoms with Crippen molar-refractivity contribution in [2.75, 3.05) is 13.1 Å². The molecule has 0 aromatic heterocycles. The Labute approximate surface area is 106 Å². The molecule has 0 bridgehead atoms. The average molecular weight is 251 g/mol. The van der Waals surface area contributed by atoms with Crippen LogP contribution in [0.15, 0.2) is 18.2 Å². The minimum absolute atomic E-state index is 0.00185. The van der Waals surface area contributed by atoms with Gasteiger partial charge in [0, 0.05) is 18.7 Å². The third-order valence-electron chi connectivity index (χ3n) is 3.45. The van der Waals surface area contributed by atoms with Gasteiger partial charge < -0.3 is 5.11 Å². The highest BCUT2D eigenvalue weighted by atomic mass is 19.1. The first-order chi connectivity index (χ1) is 8.37. The zero-order chi connectivity index (χ0) is 13.3. The lowest BCUT2D eigenvalue weighted by molar-refractivity contribution is 0.0696. The van der Waals surface area contributed by atoms with Crippen molar-refractivity contribution in [3.8, 4) is 0 Å². The van der Waals surface area contributed by atoms with Crippen LogP contribution in [0.25, 0.3) is 0 Å². The molecule has 1 N–H and O–H groups in total. The summed E-state index contributed by atoms with van der Waals surface area (Å²) in [5, 5.41) is 8.78. The minimum Gasteiger partial charge on any atom is -0.478 e. The summed E-state index contributed by atoms with van der Waals surface area (Å²) in [6, 6.07) is 4.13.